The summed E-state index contributed by atoms with van der Waals surface area (Å²) in [5.41, 5.74) is 0.268. The van der Waals surface area contributed by atoms with Crippen molar-refractivity contribution in [2.24, 2.45) is 0 Å². The van der Waals surface area contributed by atoms with Crippen molar-refractivity contribution in [3.63, 3.8) is 0 Å². The molecule has 0 aromatic carbocycles. The second kappa shape index (κ2) is 6.36. The molecule has 2 aliphatic heterocycles. The highest BCUT2D eigenvalue weighted by Gasteiger charge is 2.36. The zero-order chi connectivity index (χ0) is 13.0. The molecule has 0 bridgehead atoms. The zero-order valence-corrected chi connectivity index (χ0v) is 12.4. The molecule has 1 N–H and O–H groups in total. The van der Waals surface area contributed by atoms with Gasteiger partial charge < -0.3 is 10.1 Å². The molecule has 2 rings (SSSR count). The Bertz CT molecular complexity index is 243. The van der Waals surface area contributed by atoms with E-state index in [1.165, 1.54) is 51.6 Å². The summed E-state index contributed by atoms with van der Waals surface area (Å²) < 4.78 is 5.74. The first-order valence-corrected chi connectivity index (χ1v) is 7.68. The topological polar surface area (TPSA) is 24.5 Å². The van der Waals surface area contributed by atoms with E-state index in [-0.39, 0.29) is 5.54 Å². The number of likely N-dealkylation sites (tertiary alicyclic amines) is 1. The Balaban J connectivity index is 1.85. The third-order valence-corrected chi connectivity index (χ3v) is 4.92. The van der Waals surface area contributed by atoms with Gasteiger partial charge in [-0.1, -0.05) is 0 Å². The van der Waals surface area contributed by atoms with Crippen LogP contribution < -0.4 is 5.32 Å². The fourth-order valence-corrected chi connectivity index (χ4v) is 3.59. The van der Waals surface area contributed by atoms with Crippen LogP contribution in [0, 0.1) is 0 Å². The van der Waals surface area contributed by atoms with E-state index in [0.29, 0.717) is 12.1 Å². The summed E-state index contributed by atoms with van der Waals surface area (Å²) in [4.78, 5) is 2.66. The van der Waals surface area contributed by atoms with E-state index < -0.39 is 0 Å². The Hall–Kier alpha value is -0.120. The molecule has 0 aromatic heterocycles. The molecule has 0 spiro atoms. The van der Waals surface area contributed by atoms with E-state index >= 15 is 0 Å². The predicted octanol–water partition coefficient (Wildman–Crippen LogP) is 2.41. The first-order valence-electron chi connectivity index (χ1n) is 7.68. The van der Waals surface area contributed by atoms with Gasteiger partial charge in [0.05, 0.1) is 6.10 Å². The van der Waals surface area contributed by atoms with Gasteiger partial charge in [-0.15, -0.1) is 0 Å². The fraction of sp³-hybridized carbons (Fsp3) is 1.00. The standard InChI is InChI=1S/C15H30N2O/c1-15(2,17-10-4-5-11-17)14(16-3)9-8-13-7-6-12-18-13/h13-14,16H,4-12H2,1-3H3. The molecule has 2 heterocycles. The minimum Gasteiger partial charge on any atom is -0.378 e. The smallest absolute Gasteiger partial charge is 0.0576 e. The lowest BCUT2D eigenvalue weighted by Gasteiger charge is -2.42. The van der Waals surface area contributed by atoms with Crippen LogP contribution in [0.3, 0.4) is 0 Å². The summed E-state index contributed by atoms with van der Waals surface area (Å²) in [6.45, 7) is 8.31. The molecule has 2 atom stereocenters. The van der Waals surface area contributed by atoms with Crippen LogP contribution in [0.1, 0.15) is 52.4 Å². The Kier molecular flexibility index (Phi) is 5.05. The van der Waals surface area contributed by atoms with Gasteiger partial charge in [0.1, 0.15) is 0 Å². The van der Waals surface area contributed by atoms with Crippen molar-refractivity contribution < 1.29 is 4.74 Å². The Labute approximate surface area is 112 Å². The molecule has 0 amide bonds. The van der Waals surface area contributed by atoms with Crippen molar-refractivity contribution in [3.05, 3.63) is 0 Å². The third-order valence-electron chi connectivity index (χ3n) is 4.92. The summed E-state index contributed by atoms with van der Waals surface area (Å²) in [5, 5.41) is 3.55. The number of likely N-dealkylation sites (N-methyl/N-ethyl adjacent to an activating group) is 1. The lowest BCUT2D eigenvalue weighted by Crippen LogP contribution is -2.56. The fourth-order valence-electron chi connectivity index (χ4n) is 3.59. The van der Waals surface area contributed by atoms with Crippen molar-refractivity contribution in [1.82, 2.24) is 10.2 Å². The number of nitrogens with zero attached hydrogens (tertiary/aromatic N) is 1. The van der Waals surface area contributed by atoms with E-state index in [1.54, 1.807) is 0 Å². The Morgan fingerprint density at radius 1 is 1.28 bits per heavy atom. The van der Waals surface area contributed by atoms with Crippen LogP contribution in [0.25, 0.3) is 0 Å². The van der Waals surface area contributed by atoms with Gasteiger partial charge in [0.15, 0.2) is 0 Å². The number of hydrogen-bond donors (Lipinski definition) is 1. The summed E-state index contributed by atoms with van der Waals surface area (Å²) in [6.07, 6.45) is 8.21. The van der Waals surface area contributed by atoms with E-state index in [1.807, 2.05) is 0 Å². The first kappa shape index (κ1) is 14.3. The van der Waals surface area contributed by atoms with E-state index in [0.717, 1.165) is 6.61 Å². The number of rotatable bonds is 6. The monoisotopic (exact) mass is 254 g/mol. The molecular formula is C15H30N2O. The van der Waals surface area contributed by atoms with Gasteiger partial charge in [-0.2, -0.15) is 0 Å². The molecule has 0 radical (unpaired) electrons. The molecule has 18 heavy (non-hydrogen) atoms. The molecular weight excluding hydrogens is 224 g/mol. The summed E-state index contributed by atoms with van der Waals surface area (Å²) >= 11 is 0. The van der Waals surface area contributed by atoms with Gasteiger partial charge in [-0.3, -0.25) is 4.90 Å². The van der Waals surface area contributed by atoms with Gasteiger partial charge in [-0.25, -0.2) is 0 Å². The summed E-state index contributed by atoms with van der Waals surface area (Å²) in [6, 6.07) is 0.569. The number of ether oxygens (including phenoxy) is 1. The molecule has 0 aromatic rings. The lowest BCUT2D eigenvalue weighted by atomic mass is 9.88. The molecule has 2 saturated heterocycles. The maximum Gasteiger partial charge on any atom is 0.0576 e. The van der Waals surface area contributed by atoms with Crippen LogP contribution >= 0.6 is 0 Å². The second-order valence-electron chi connectivity index (χ2n) is 6.40. The third kappa shape index (κ3) is 3.25. The van der Waals surface area contributed by atoms with Gasteiger partial charge in [0.2, 0.25) is 0 Å². The molecule has 0 aliphatic carbocycles. The molecule has 2 aliphatic rings. The first-order chi connectivity index (χ1) is 8.64. The van der Waals surface area contributed by atoms with Crippen molar-refractivity contribution in [2.75, 3.05) is 26.7 Å². The molecule has 3 nitrogen and oxygen atoms in total. The van der Waals surface area contributed by atoms with E-state index in [9.17, 15) is 0 Å². The maximum absolute atomic E-state index is 5.74. The normalized spacial score (nSPS) is 27.8. The molecule has 106 valence electrons. The summed E-state index contributed by atoms with van der Waals surface area (Å²) in [7, 11) is 2.11. The minimum absolute atomic E-state index is 0.268. The molecule has 2 unspecified atom stereocenters. The van der Waals surface area contributed by atoms with Gasteiger partial charge in [-0.05, 0) is 72.5 Å². The molecule has 0 saturated carbocycles. The van der Waals surface area contributed by atoms with Crippen LogP contribution in [0.2, 0.25) is 0 Å². The summed E-state index contributed by atoms with van der Waals surface area (Å²) in [5.74, 6) is 0. The highest BCUT2D eigenvalue weighted by atomic mass is 16.5. The minimum atomic E-state index is 0.268. The van der Waals surface area contributed by atoms with Crippen molar-refractivity contribution >= 4 is 0 Å². The highest BCUT2D eigenvalue weighted by Crippen LogP contribution is 2.28. The number of nitrogens with one attached hydrogen (secondary N) is 1. The van der Waals surface area contributed by atoms with Crippen LogP contribution in [-0.2, 0) is 4.74 Å². The second-order valence-corrected chi connectivity index (χ2v) is 6.40. The van der Waals surface area contributed by atoms with E-state index in [2.05, 4.69) is 31.1 Å². The van der Waals surface area contributed by atoms with E-state index in [4.69, 9.17) is 4.74 Å². The van der Waals surface area contributed by atoms with Crippen molar-refractivity contribution in [3.8, 4) is 0 Å². The average molecular weight is 254 g/mol. The zero-order valence-electron chi connectivity index (χ0n) is 12.4. The van der Waals surface area contributed by atoms with Gasteiger partial charge in [0, 0.05) is 18.2 Å². The van der Waals surface area contributed by atoms with Crippen LogP contribution in [0.5, 0.6) is 0 Å². The molecule has 3 heteroatoms. The Morgan fingerprint density at radius 3 is 2.56 bits per heavy atom. The number of hydrogen-bond acceptors (Lipinski definition) is 3. The quantitative estimate of drug-likeness (QED) is 0.788. The van der Waals surface area contributed by atoms with Crippen LogP contribution in [-0.4, -0.2) is 49.3 Å². The Morgan fingerprint density at radius 2 is 2.00 bits per heavy atom. The van der Waals surface area contributed by atoms with Gasteiger partial charge >= 0.3 is 0 Å². The van der Waals surface area contributed by atoms with Crippen molar-refractivity contribution in [2.45, 2.75) is 70.1 Å². The largest absolute Gasteiger partial charge is 0.378 e. The van der Waals surface area contributed by atoms with Crippen molar-refractivity contribution in [1.29, 1.82) is 0 Å². The molecule has 2 fully saturated rings. The highest BCUT2D eigenvalue weighted by molar-refractivity contribution is 4.95. The predicted molar refractivity (Wildman–Crippen MR) is 75.9 cm³/mol. The van der Waals surface area contributed by atoms with Crippen LogP contribution in [0.4, 0.5) is 0 Å². The van der Waals surface area contributed by atoms with Gasteiger partial charge in [0.25, 0.3) is 0 Å². The maximum atomic E-state index is 5.74. The lowest BCUT2D eigenvalue weighted by molar-refractivity contribution is 0.0750. The average Bonchev–Trinajstić information content (AvgIpc) is 3.03. The SMILES string of the molecule is CNC(CCC1CCCO1)C(C)(C)N1CCCC1. The van der Waals surface area contributed by atoms with Crippen LogP contribution in [0.15, 0.2) is 0 Å².